The number of carbonyl (C=O) groups is 1. The largest absolute Gasteiger partial charge is 0.337 e. The number of fused-ring (bicyclic) bond motifs is 1. The summed E-state index contributed by atoms with van der Waals surface area (Å²) in [5.41, 5.74) is 0.805. The van der Waals surface area contributed by atoms with Gasteiger partial charge in [-0.2, -0.15) is 5.10 Å². The lowest BCUT2D eigenvalue weighted by Crippen LogP contribution is -2.33. The van der Waals surface area contributed by atoms with Gasteiger partial charge >= 0.3 is 0 Å². The van der Waals surface area contributed by atoms with E-state index in [0.29, 0.717) is 37.1 Å². The molecule has 0 spiro atoms. The van der Waals surface area contributed by atoms with Gasteiger partial charge in [0.25, 0.3) is 5.56 Å². The summed E-state index contributed by atoms with van der Waals surface area (Å²) >= 11 is 0. The number of aromatic nitrogens is 4. The lowest BCUT2D eigenvalue weighted by Gasteiger charge is -2.15. The zero-order chi connectivity index (χ0) is 15.0. The highest BCUT2D eigenvalue weighted by Crippen LogP contribution is 2.22. The Bertz CT molecular complexity index is 760. The first-order valence-corrected chi connectivity index (χ1v) is 6.99. The molecule has 1 saturated heterocycles. The van der Waals surface area contributed by atoms with Crippen molar-refractivity contribution in [2.24, 2.45) is 0 Å². The van der Waals surface area contributed by atoms with Crippen molar-refractivity contribution >= 4 is 16.9 Å². The number of aryl methyl sites for hydroxylation is 1. The third kappa shape index (κ3) is 2.05. The minimum Gasteiger partial charge on any atom is -0.337 e. The summed E-state index contributed by atoms with van der Waals surface area (Å²) in [6.07, 6.45) is 5.33. The van der Waals surface area contributed by atoms with Crippen LogP contribution in [0.2, 0.25) is 0 Å². The molecule has 2 aromatic rings. The van der Waals surface area contributed by atoms with Crippen molar-refractivity contribution in [3.8, 4) is 0 Å². The van der Waals surface area contributed by atoms with Gasteiger partial charge < -0.3 is 4.90 Å². The summed E-state index contributed by atoms with van der Waals surface area (Å²) in [4.78, 5) is 30.9. The van der Waals surface area contributed by atoms with Crippen LogP contribution in [-0.4, -0.2) is 43.2 Å². The van der Waals surface area contributed by atoms with Gasteiger partial charge in [-0.3, -0.25) is 18.8 Å². The van der Waals surface area contributed by atoms with Crippen LogP contribution in [0.5, 0.6) is 0 Å². The van der Waals surface area contributed by atoms with E-state index < -0.39 is 6.04 Å². The second-order valence-electron chi connectivity index (χ2n) is 5.03. The van der Waals surface area contributed by atoms with E-state index in [1.807, 2.05) is 6.92 Å². The maximum Gasteiger partial charge on any atom is 0.280 e. The fourth-order valence-electron chi connectivity index (χ4n) is 2.77. The van der Waals surface area contributed by atoms with Crippen LogP contribution >= 0.6 is 0 Å². The van der Waals surface area contributed by atoms with Crippen LogP contribution in [-0.2, 0) is 11.3 Å². The summed E-state index contributed by atoms with van der Waals surface area (Å²) in [5.74, 6) is -0.0549. The van der Waals surface area contributed by atoms with Crippen molar-refractivity contribution < 1.29 is 4.79 Å². The molecular formula is C14H17N5O2. The summed E-state index contributed by atoms with van der Waals surface area (Å²) in [6.45, 7) is 7.28. The van der Waals surface area contributed by atoms with Crippen molar-refractivity contribution in [3.05, 3.63) is 35.5 Å². The Labute approximate surface area is 121 Å². The molecule has 3 heterocycles. The van der Waals surface area contributed by atoms with Crippen molar-refractivity contribution in [2.75, 3.05) is 13.1 Å². The Morgan fingerprint density at radius 3 is 3.00 bits per heavy atom. The highest BCUT2D eigenvalue weighted by Gasteiger charge is 2.33. The van der Waals surface area contributed by atoms with Gasteiger partial charge in [-0.1, -0.05) is 6.08 Å². The molecule has 1 fully saturated rings. The Morgan fingerprint density at radius 2 is 2.29 bits per heavy atom. The fraction of sp³-hybridized carbons (Fsp3) is 0.429. The molecule has 1 aliphatic heterocycles. The van der Waals surface area contributed by atoms with E-state index in [0.717, 1.165) is 0 Å². The first-order chi connectivity index (χ1) is 10.2. The minimum absolute atomic E-state index is 0.0549. The molecular weight excluding hydrogens is 270 g/mol. The minimum atomic E-state index is -0.477. The van der Waals surface area contributed by atoms with Gasteiger partial charge in [-0.15, -0.1) is 6.58 Å². The molecule has 21 heavy (non-hydrogen) atoms. The van der Waals surface area contributed by atoms with Crippen molar-refractivity contribution in [1.82, 2.24) is 24.2 Å². The molecule has 0 aliphatic carbocycles. The van der Waals surface area contributed by atoms with E-state index in [2.05, 4.69) is 16.7 Å². The second-order valence-corrected chi connectivity index (χ2v) is 5.03. The van der Waals surface area contributed by atoms with Gasteiger partial charge in [0.2, 0.25) is 5.91 Å². The van der Waals surface area contributed by atoms with Crippen LogP contribution in [0.1, 0.15) is 19.4 Å². The Hall–Kier alpha value is -2.44. The normalized spacial score (nSPS) is 18.6. The van der Waals surface area contributed by atoms with E-state index in [1.54, 1.807) is 21.9 Å². The third-order valence-corrected chi connectivity index (χ3v) is 3.83. The highest BCUT2D eigenvalue weighted by molar-refractivity contribution is 5.83. The summed E-state index contributed by atoms with van der Waals surface area (Å²) in [7, 11) is 0. The zero-order valence-electron chi connectivity index (χ0n) is 11.9. The molecule has 3 rings (SSSR count). The molecule has 0 bridgehead atoms. The predicted molar refractivity (Wildman–Crippen MR) is 77.9 cm³/mol. The average Bonchev–Trinajstić information content (AvgIpc) is 3.05. The SMILES string of the molecule is C=CCN1CCC(n2cnc3cnn(CC)c3c2=O)C1=O. The Kier molecular flexibility index (Phi) is 3.32. The van der Waals surface area contributed by atoms with Gasteiger partial charge in [0.1, 0.15) is 11.6 Å². The van der Waals surface area contributed by atoms with E-state index in [9.17, 15) is 9.59 Å². The number of hydrogen-bond acceptors (Lipinski definition) is 4. The fourth-order valence-corrected chi connectivity index (χ4v) is 2.77. The standard InChI is InChI=1S/C14H17N5O2/c1-3-6-17-7-5-11(13(17)20)18-9-15-10-8-16-19(4-2)12(10)14(18)21/h3,8-9,11H,1,4-7H2,2H3. The number of rotatable bonds is 4. The average molecular weight is 287 g/mol. The molecule has 1 aliphatic rings. The molecule has 1 unspecified atom stereocenters. The van der Waals surface area contributed by atoms with Crippen LogP contribution in [0.25, 0.3) is 11.0 Å². The van der Waals surface area contributed by atoms with Crippen molar-refractivity contribution in [2.45, 2.75) is 25.9 Å². The van der Waals surface area contributed by atoms with Gasteiger partial charge in [0, 0.05) is 19.6 Å². The topological polar surface area (TPSA) is 73.0 Å². The molecule has 0 radical (unpaired) electrons. The number of likely N-dealkylation sites (tertiary alicyclic amines) is 1. The molecule has 2 aromatic heterocycles. The Balaban J connectivity index is 2.06. The van der Waals surface area contributed by atoms with Crippen LogP contribution in [0.4, 0.5) is 0 Å². The van der Waals surface area contributed by atoms with E-state index in [4.69, 9.17) is 0 Å². The van der Waals surface area contributed by atoms with E-state index in [-0.39, 0.29) is 11.5 Å². The lowest BCUT2D eigenvalue weighted by molar-refractivity contribution is -0.130. The van der Waals surface area contributed by atoms with Gasteiger partial charge in [-0.05, 0) is 13.3 Å². The van der Waals surface area contributed by atoms with Crippen molar-refractivity contribution in [1.29, 1.82) is 0 Å². The number of carbonyl (C=O) groups excluding carboxylic acids is 1. The summed E-state index contributed by atoms with van der Waals surface area (Å²) in [5, 5.41) is 4.14. The second kappa shape index (κ2) is 5.16. The van der Waals surface area contributed by atoms with E-state index in [1.165, 1.54) is 10.9 Å². The van der Waals surface area contributed by atoms with Crippen LogP contribution in [0, 0.1) is 0 Å². The monoisotopic (exact) mass is 287 g/mol. The molecule has 1 amide bonds. The van der Waals surface area contributed by atoms with Crippen molar-refractivity contribution in [3.63, 3.8) is 0 Å². The molecule has 0 N–H and O–H groups in total. The summed E-state index contributed by atoms with van der Waals surface area (Å²) in [6, 6.07) is -0.477. The van der Waals surface area contributed by atoms with Crippen LogP contribution in [0.3, 0.4) is 0 Å². The smallest absolute Gasteiger partial charge is 0.280 e. The van der Waals surface area contributed by atoms with Crippen LogP contribution < -0.4 is 5.56 Å². The highest BCUT2D eigenvalue weighted by atomic mass is 16.2. The lowest BCUT2D eigenvalue weighted by atomic mass is 10.2. The number of amides is 1. The quantitative estimate of drug-likeness (QED) is 0.771. The van der Waals surface area contributed by atoms with Gasteiger partial charge in [0.05, 0.1) is 12.5 Å². The van der Waals surface area contributed by atoms with Gasteiger partial charge in [0.15, 0.2) is 5.52 Å². The zero-order valence-corrected chi connectivity index (χ0v) is 11.9. The molecule has 110 valence electrons. The molecule has 0 saturated carbocycles. The maximum atomic E-state index is 12.6. The summed E-state index contributed by atoms with van der Waals surface area (Å²) < 4.78 is 3.05. The third-order valence-electron chi connectivity index (χ3n) is 3.83. The maximum absolute atomic E-state index is 12.6. The molecule has 7 heteroatoms. The first-order valence-electron chi connectivity index (χ1n) is 6.99. The van der Waals surface area contributed by atoms with E-state index >= 15 is 0 Å². The molecule has 1 atom stereocenters. The van der Waals surface area contributed by atoms with Gasteiger partial charge in [-0.25, -0.2) is 4.98 Å². The predicted octanol–water partition coefficient (Wildman–Crippen LogP) is 0.572. The molecule has 7 nitrogen and oxygen atoms in total. The van der Waals surface area contributed by atoms with Crippen LogP contribution in [0.15, 0.2) is 30.0 Å². The number of hydrogen-bond donors (Lipinski definition) is 0. The number of nitrogens with zero attached hydrogens (tertiary/aromatic N) is 5. The molecule has 0 aromatic carbocycles. The Morgan fingerprint density at radius 1 is 1.48 bits per heavy atom. The first kappa shape index (κ1) is 13.5.